The number of ether oxygens (including phenoxy) is 2. The highest BCUT2D eigenvalue weighted by Crippen LogP contribution is 2.26. The number of hydrogen-bond acceptors (Lipinski definition) is 6. The lowest BCUT2D eigenvalue weighted by Gasteiger charge is -2.26. The van der Waals surface area contributed by atoms with E-state index in [1.807, 2.05) is 4.90 Å². The average Bonchev–Trinajstić information content (AvgIpc) is 2.70. The molecule has 1 aliphatic heterocycles. The van der Waals surface area contributed by atoms with Gasteiger partial charge in [-0.2, -0.15) is 0 Å². The van der Waals surface area contributed by atoms with Crippen molar-refractivity contribution >= 4 is 5.97 Å². The molecule has 1 aromatic heterocycles. The van der Waals surface area contributed by atoms with E-state index < -0.39 is 17.2 Å². The van der Waals surface area contributed by atoms with Crippen LogP contribution in [0.3, 0.4) is 0 Å². The zero-order chi connectivity index (χ0) is 20.3. The van der Waals surface area contributed by atoms with Gasteiger partial charge in [0.15, 0.2) is 0 Å². The van der Waals surface area contributed by atoms with Crippen molar-refractivity contribution in [3.05, 3.63) is 50.3 Å². The fourth-order valence-electron chi connectivity index (χ4n) is 3.43. The molecule has 1 aliphatic rings. The van der Waals surface area contributed by atoms with E-state index in [-0.39, 0.29) is 29.2 Å². The number of likely N-dealkylation sites (tertiary alicyclic amines) is 1. The van der Waals surface area contributed by atoms with Crippen LogP contribution in [0, 0.1) is 0 Å². The summed E-state index contributed by atoms with van der Waals surface area (Å²) in [5.41, 5.74) is -1.62. The van der Waals surface area contributed by atoms with Gasteiger partial charge in [-0.3, -0.25) is 9.69 Å². The van der Waals surface area contributed by atoms with Gasteiger partial charge < -0.3 is 19.6 Å². The van der Waals surface area contributed by atoms with E-state index >= 15 is 0 Å². The van der Waals surface area contributed by atoms with Crippen molar-refractivity contribution in [1.29, 1.82) is 0 Å². The molecule has 1 fully saturated rings. The van der Waals surface area contributed by atoms with Gasteiger partial charge in [0, 0.05) is 12.6 Å². The third kappa shape index (κ3) is 3.79. The molecule has 0 amide bonds. The predicted octanol–water partition coefficient (Wildman–Crippen LogP) is 1.23. The Labute approximate surface area is 161 Å². The SMILES string of the molecule is COc1ccc(-n2c(=O)[nH]c(C(=O)O)c(CN3CCCCC3)c2=O)c(OC)c1. The van der Waals surface area contributed by atoms with Crippen molar-refractivity contribution in [2.45, 2.75) is 25.8 Å². The second-order valence-corrected chi connectivity index (χ2v) is 6.60. The molecule has 28 heavy (non-hydrogen) atoms. The number of aromatic amines is 1. The lowest BCUT2D eigenvalue weighted by Crippen LogP contribution is -2.41. The molecule has 1 aromatic carbocycles. The first-order valence-corrected chi connectivity index (χ1v) is 9.02. The van der Waals surface area contributed by atoms with Crippen molar-refractivity contribution in [2.24, 2.45) is 0 Å². The van der Waals surface area contributed by atoms with Crippen molar-refractivity contribution < 1.29 is 19.4 Å². The summed E-state index contributed by atoms with van der Waals surface area (Å²) in [6.07, 6.45) is 3.10. The van der Waals surface area contributed by atoms with E-state index in [9.17, 15) is 19.5 Å². The van der Waals surface area contributed by atoms with Gasteiger partial charge in [0.05, 0.1) is 25.5 Å². The summed E-state index contributed by atoms with van der Waals surface area (Å²) >= 11 is 0. The van der Waals surface area contributed by atoms with Gasteiger partial charge in [-0.1, -0.05) is 6.42 Å². The number of aromatic nitrogens is 2. The first-order chi connectivity index (χ1) is 13.5. The molecule has 0 atom stereocenters. The molecule has 2 aromatic rings. The first kappa shape index (κ1) is 19.7. The predicted molar refractivity (Wildman–Crippen MR) is 102 cm³/mol. The molecule has 0 radical (unpaired) electrons. The van der Waals surface area contributed by atoms with Crippen LogP contribution in [0.5, 0.6) is 11.5 Å². The fourth-order valence-corrected chi connectivity index (χ4v) is 3.43. The van der Waals surface area contributed by atoms with Crippen molar-refractivity contribution in [1.82, 2.24) is 14.5 Å². The van der Waals surface area contributed by atoms with Crippen LogP contribution in [0.4, 0.5) is 0 Å². The highest BCUT2D eigenvalue weighted by molar-refractivity contribution is 5.86. The summed E-state index contributed by atoms with van der Waals surface area (Å²) < 4.78 is 11.4. The Hall–Kier alpha value is -3.07. The Morgan fingerprint density at radius 1 is 1.14 bits per heavy atom. The standard InChI is InChI=1S/C19H23N3O6/c1-27-12-6-7-14(15(10-12)28-2)22-17(23)13(11-21-8-4-3-5-9-21)16(18(24)25)20-19(22)26/h6-7,10H,3-5,8-9,11H2,1-2H3,(H,20,26)(H,24,25). The smallest absolute Gasteiger partial charge is 0.352 e. The van der Waals surface area contributed by atoms with Crippen LogP contribution in [0.2, 0.25) is 0 Å². The topological polar surface area (TPSA) is 114 Å². The first-order valence-electron chi connectivity index (χ1n) is 9.02. The number of aromatic carboxylic acids is 1. The molecule has 0 saturated carbocycles. The zero-order valence-electron chi connectivity index (χ0n) is 15.9. The number of methoxy groups -OCH3 is 2. The molecule has 0 aliphatic carbocycles. The second kappa shape index (κ2) is 8.30. The summed E-state index contributed by atoms with van der Waals surface area (Å²) in [4.78, 5) is 41.8. The van der Waals surface area contributed by atoms with E-state index in [1.165, 1.54) is 20.3 Å². The minimum atomic E-state index is -1.34. The molecule has 0 spiro atoms. The van der Waals surface area contributed by atoms with Gasteiger partial charge in [0.2, 0.25) is 0 Å². The van der Waals surface area contributed by atoms with E-state index in [1.54, 1.807) is 12.1 Å². The molecular formula is C19H23N3O6. The van der Waals surface area contributed by atoms with Crippen LogP contribution < -0.4 is 20.7 Å². The monoisotopic (exact) mass is 389 g/mol. The van der Waals surface area contributed by atoms with Crippen molar-refractivity contribution in [3.8, 4) is 17.2 Å². The van der Waals surface area contributed by atoms with Crippen LogP contribution in [0.25, 0.3) is 5.69 Å². The molecule has 1 saturated heterocycles. The van der Waals surface area contributed by atoms with Crippen LogP contribution in [-0.4, -0.2) is 52.8 Å². The van der Waals surface area contributed by atoms with E-state index in [2.05, 4.69) is 4.98 Å². The number of H-pyrrole nitrogens is 1. The number of nitrogens with one attached hydrogen (secondary N) is 1. The highest BCUT2D eigenvalue weighted by atomic mass is 16.5. The Morgan fingerprint density at radius 3 is 2.46 bits per heavy atom. The largest absolute Gasteiger partial charge is 0.497 e. The number of carbonyl (C=O) groups is 1. The van der Waals surface area contributed by atoms with Crippen LogP contribution in [0.1, 0.15) is 35.3 Å². The Bertz CT molecular complexity index is 988. The normalized spacial score (nSPS) is 14.6. The molecular weight excluding hydrogens is 366 g/mol. The maximum atomic E-state index is 13.2. The lowest BCUT2D eigenvalue weighted by atomic mass is 10.1. The summed E-state index contributed by atoms with van der Waals surface area (Å²) in [6.45, 7) is 1.72. The summed E-state index contributed by atoms with van der Waals surface area (Å²) in [7, 11) is 2.91. The zero-order valence-corrected chi connectivity index (χ0v) is 15.9. The van der Waals surface area contributed by atoms with Crippen molar-refractivity contribution in [3.63, 3.8) is 0 Å². The third-order valence-corrected chi connectivity index (χ3v) is 4.87. The van der Waals surface area contributed by atoms with Gasteiger partial charge in [-0.15, -0.1) is 0 Å². The maximum Gasteiger partial charge on any atom is 0.352 e. The summed E-state index contributed by atoms with van der Waals surface area (Å²) in [5.74, 6) is -0.574. The minimum Gasteiger partial charge on any atom is -0.497 e. The molecule has 0 bridgehead atoms. The molecule has 9 nitrogen and oxygen atoms in total. The molecule has 3 rings (SSSR count). The van der Waals surface area contributed by atoms with Crippen LogP contribution in [0.15, 0.2) is 27.8 Å². The van der Waals surface area contributed by atoms with E-state index in [0.717, 1.165) is 36.9 Å². The Kier molecular flexibility index (Phi) is 5.84. The third-order valence-electron chi connectivity index (χ3n) is 4.87. The van der Waals surface area contributed by atoms with Crippen LogP contribution >= 0.6 is 0 Å². The Balaban J connectivity index is 2.17. The highest BCUT2D eigenvalue weighted by Gasteiger charge is 2.24. The second-order valence-electron chi connectivity index (χ2n) is 6.60. The molecule has 2 heterocycles. The molecule has 9 heteroatoms. The van der Waals surface area contributed by atoms with Crippen LogP contribution in [-0.2, 0) is 6.54 Å². The summed E-state index contributed by atoms with van der Waals surface area (Å²) in [6, 6.07) is 4.68. The van der Waals surface area contributed by atoms with Gasteiger partial charge in [-0.05, 0) is 38.1 Å². The number of carboxylic acid groups (broad SMARTS) is 1. The number of carboxylic acids is 1. The van der Waals surface area contributed by atoms with Gasteiger partial charge >= 0.3 is 11.7 Å². The lowest BCUT2D eigenvalue weighted by molar-refractivity contribution is 0.0686. The number of benzene rings is 1. The van der Waals surface area contributed by atoms with Crippen molar-refractivity contribution in [2.75, 3.05) is 27.3 Å². The van der Waals surface area contributed by atoms with Gasteiger partial charge in [-0.25, -0.2) is 14.2 Å². The number of piperidine rings is 1. The fraction of sp³-hybridized carbons (Fsp3) is 0.421. The Morgan fingerprint density at radius 2 is 1.86 bits per heavy atom. The molecule has 0 unspecified atom stereocenters. The molecule has 150 valence electrons. The average molecular weight is 389 g/mol. The molecule has 2 N–H and O–H groups in total. The minimum absolute atomic E-state index is 0.0480. The van der Waals surface area contributed by atoms with E-state index in [4.69, 9.17) is 9.47 Å². The number of nitrogens with zero attached hydrogens (tertiary/aromatic N) is 2. The van der Waals surface area contributed by atoms with Gasteiger partial charge in [0.25, 0.3) is 5.56 Å². The quantitative estimate of drug-likeness (QED) is 0.764. The summed E-state index contributed by atoms with van der Waals surface area (Å²) in [5, 5.41) is 9.50. The number of hydrogen-bond donors (Lipinski definition) is 2. The van der Waals surface area contributed by atoms with Gasteiger partial charge in [0.1, 0.15) is 17.2 Å². The maximum absolute atomic E-state index is 13.2. The number of rotatable bonds is 6. The van der Waals surface area contributed by atoms with E-state index in [0.29, 0.717) is 5.75 Å².